The zero-order chi connectivity index (χ0) is 10.9. The van der Waals surface area contributed by atoms with Gasteiger partial charge in [0.1, 0.15) is 0 Å². The molecule has 0 saturated heterocycles. The number of nitrogens with one attached hydrogen (secondary N) is 1. The highest BCUT2D eigenvalue weighted by atomic mass is 32.2. The molecular formula is C13H21NS. The third kappa shape index (κ3) is 5.24. The van der Waals surface area contributed by atoms with Crippen molar-refractivity contribution in [3.8, 4) is 0 Å². The van der Waals surface area contributed by atoms with E-state index in [2.05, 4.69) is 43.4 Å². The fraction of sp³-hybridized carbons (Fsp3) is 0.538. The van der Waals surface area contributed by atoms with Crippen molar-refractivity contribution in [2.24, 2.45) is 0 Å². The molecule has 0 atom stereocenters. The number of aryl methyl sites for hydroxylation is 1. The fourth-order valence-electron chi connectivity index (χ4n) is 1.43. The van der Waals surface area contributed by atoms with E-state index in [0.717, 1.165) is 18.8 Å². The van der Waals surface area contributed by atoms with Gasteiger partial charge in [0.2, 0.25) is 0 Å². The molecular weight excluding hydrogens is 202 g/mol. The van der Waals surface area contributed by atoms with E-state index in [1.807, 2.05) is 11.8 Å². The van der Waals surface area contributed by atoms with Crippen LogP contribution in [-0.2, 0) is 5.75 Å². The molecule has 0 aliphatic rings. The molecule has 1 aromatic carbocycles. The molecule has 0 aromatic heterocycles. The molecule has 15 heavy (non-hydrogen) atoms. The van der Waals surface area contributed by atoms with Gasteiger partial charge in [-0.3, -0.25) is 0 Å². The van der Waals surface area contributed by atoms with E-state index in [1.165, 1.54) is 23.3 Å². The highest BCUT2D eigenvalue weighted by molar-refractivity contribution is 7.98. The average molecular weight is 223 g/mol. The van der Waals surface area contributed by atoms with Gasteiger partial charge in [0.05, 0.1) is 0 Å². The lowest BCUT2D eigenvalue weighted by Crippen LogP contribution is -2.14. The molecule has 1 rings (SSSR count). The molecule has 1 N–H and O–H groups in total. The zero-order valence-electron chi connectivity index (χ0n) is 9.75. The van der Waals surface area contributed by atoms with Gasteiger partial charge < -0.3 is 5.32 Å². The van der Waals surface area contributed by atoms with Gasteiger partial charge in [-0.2, -0.15) is 11.8 Å². The van der Waals surface area contributed by atoms with Crippen LogP contribution in [-0.4, -0.2) is 18.8 Å². The number of hydrogen-bond donors (Lipinski definition) is 1. The van der Waals surface area contributed by atoms with Crippen molar-refractivity contribution < 1.29 is 0 Å². The minimum Gasteiger partial charge on any atom is -0.317 e. The van der Waals surface area contributed by atoms with Gasteiger partial charge >= 0.3 is 0 Å². The van der Waals surface area contributed by atoms with Crippen molar-refractivity contribution in [3.63, 3.8) is 0 Å². The van der Waals surface area contributed by atoms with Crippen LogP contribution in [0, 0.1) is 6.92 Å². The summed E-state index contributed by atoms with van der Waals surface area (Å²) in [6, 6.07) is 8.65. The predicted molar refractivity (Wildman–Crippen MR) is 70.5 cm³/mol. The minimum absolute atomic E-state index is 1.09. The van der Waals surface area contributed by atoms with Crippen molar-refractivity contribution in [1.29, 1.82) is 0 Å². The molecule has 0 bridgehead atoms. The zero-order valence-corrected chi connectivity index (χ0v) is 10.6. The Morgan fingerprint density at radius 3 is 2.80 bits per heavy atom. The Hall–Kier alpha value is -0.470. The average Bonchev–Trinajstić information content (AvgIpc) is 2.25. The molecule has 1 aromatic rings. The molecule has 1 nitrogen and oxygen atoms in total. The second-order valence-electron chi connectivity index (χ2n) is 3.69. The maximum atomic E-state index is 3.34. The summed E-state index contributed by atoms with van der Waals surface area (Å²) in [5, 5.41) is 3.34. The summed E-state index contributed by atoms with van der Waals surface area (Å²) in [6.07, 6.45) is 1.27. The Balaban J connectivity index is 2.12. The van der Waals surface area contributed by atoms with Crippen LogP contribution in [0.4, 0.5) is 0 Å². The third-order valence-electron chi connectivity index (χ3n) is 2.41. The smallest absolute Gasteiger partial charge is 0.0187 e. The molecule has 0 amide bonds. The summed E-state index contributed by atoms with van der Waals surface area (Å²) in [5.74, 6) is 2.40. The van der Waals surface area contributed by atoms with E-state index in [-0.39, 0.29) is 0 Å². The summed E-state index contributed by atoms with van der Waals surface area (Å²) in [4.78, 5) is 0. The van der Waals surface area contributed by atoms with Crippen LogP contribution in [0.1, 0.15) is 24.5 Å². The van der Waals surface area contributed by atoms with Crippen LogP contribution in [0.2, 0.25) is 0 Å². The van der Waals surface area contributed by atoms with E-state index in [0.29, 0.717) is 0 Å². The number of rotatable bonds is 7. The molecule has 2 heteroatoms. The lowest BCUT2D eigenvalue weighted by atomic mass is 10.1. The van der Waals surface area contributed by atoms with E-state index < -0.39 is 0 Å². The Kier molecular flexibility index (Phi) is 6.53. The molecule has 84 valence electrons. The number of benzene rings is 1. The number of thioether (sulfide) groups is 1. The summed E-state index contributed by atoms with van der Waals surface area (Å²) >= 11 is 2.03. The highest BCUT2D eigenvalue weighted by Gasteiger charge is 1.96. The first-order valence-corrected chi connectivity index (χ1v) is 6.83. The van der Waals surface area contributed by atoms with Crippen LogP contribution >= 0.6 is 11.8 Å². The van der Waals surface area contributed by atoms with Gasteiger partial charge in [-0.1, -0.05) is 31.2 Å². The molecule has 0 unspecified atom stereocenters. The Morgan fingerprint density at radius 2 is 2.07 bits per heavy atom. The minimum atomic E-state index is 1.09. The summed E-state index contributed by atoms with van der Waals surface area (Å²) in [7, 11) is 0. The van der Waals surface area contributed by atoms with Crippen molar-refractivity contribution in [3.05, 3.63) is 35.4 Å². The van der Waals surface area contributed by atoms with E-state index in [4.69, 9.17) is 0 Å². The standard InChI is InChI=1S/C13H21NS/c1-3-14-9-6-10-15-11-13-8-5-4-7-12(13)2/h4-5,7-8,14H,3,6,9-11H2,1-2H3. The van der Waals surface area contributed by atoms with Gasteiger partial charge in [0.15, 0.2) is 0 Å². The topological polar surface area (TPSA) is 12.0 Å². The maximum absolute atomic E-state index is 3.34. The second kappa shape index (κ2) is 7.77. The second-order valence-corrected chi connectivity index (χ2v) is 4.79. The molecule has 0 heterocycles. The van der Waals surface area contributed by atoms with Crippen LogP contribution < -0.4 is 5.32 Å². The van der Waals surface area contributed by atoms with Crippen molar-refractivity contribution in [2.75, 3.05) is 18.8 Å². The summed E-state index contributed by atoms with van der Waals surface area (Å²) in [5.41, 5.74) is 2.89. The van der Waals surface area contributed by atoms with E-state index in [9.17, 15) is 0 Å². The maximum Gasteiger partial charge on any atom is 0.0187 e. The van der Waals surface area contributed by atoms with Gasteiger partial charge in [-0.05, 0) is 43.3 Å². The van der Waals surface area contributed by atoms with Gasteiger partial charge in [-0.25, -0.2) is 0 Å². The largest absolute Gasteiger partial charge is 0.317 e. The Morgan fingerprint density at radius 1 is 1.27 bits per heavy atom. The van der Waals surface area contributed by atoms with Crippen LogP contribution in [0.25, 0.3) is 0 Å². The van der Waals surface area contributed by atoms with E-state index >= 15 is 0 Å². The first-order chi connectivity index (χ1) is 7.34. The first-order valence-electron chi connectivity index (χ1n) is 5.67. The molecule has 0 fully saturated rings. The van der Waals surface area contributed by atoms with Gasteiger partial charge in [0, 0.05) is 5.75 Å². The molecule has 0 saturated carbocycles. The third-order valence-corrected chi connectivity index (χ3v) is 3.50. The molecule has 0 spiro atoms. The highest BCUT2D eigenvalue weighted by Crippen LogP contribution is 2.16. The Labute approximate surface area is 97.7 Å². The Bertz CT molecular complexity index is 273. The first kappa shape index (κ1) is 12.6. The normalized spacial score (nSPS) is 10.5. The lowest BCUT2D eigenvalue weighted by Gasteiger charge is -2.05. The van der Waals surface area contributed by atoms with Crippen molar-refractivity contribution >= 4 is 11.8 Å². The van der Waals surface area contributed by atoms with Crippen LogP contribution in [0.15, 0.2) is 24.3 Å². The van der Waals surface area contributed by atoms with Crippen LogP contribution in [0.5, 0.6) is 0 Å². The molecule has 0 radical (unpaired) electrons. The van der Waals surface area contributed by atoms with Gasteiger partial charge in [-0.15, -0.1) is 0 Å². The number of hydrogen-bond acceptors (Lipinski definition) is 2. The lowest BCUT2D eigenvalue weighted by molar-refractivity contribution is 0.707. The monoisotopic (exact) mass is 223 g/mol. The summed E-state index contributed by atoms with van der Waals surface area (Å²) < 4.78 is 0. The van der Waals surface area contributed by atoms with Crippen molar-refractivity contribution in [1.82, 2.24) is 5.32 Å². The summed E-state index contributed by atoms with van der Waals surface area (Å²) in [6.45, 7) is 6.58. The fourth-order valence-corrected chi connectivity index (χ4v) is 2.47. The molecule has 0 aliphatic carbocycles. The van der Waals surface area contributed by atoms with E-state index in [1.54, 1.807) is 0 Å². The SMILES string of the molecule is CCNCCCSCc1ccccc1C. The molecule has 0 aliphatic heterocycles. The van der Waals surface area contributed by atoms with Crippen molar-refractivity contribution in [2.45, 2.75) is 26.0 Å². The van der Waals surface area contributed by atoms with Crippen LogP contribution in [0.3, 0.4) is 0 Å². The predicted octanol–water partition coefficient (Wildman–Crippen LogP) is 3.23. The van der Waals surface area contributed by atoms with Gasteiger partial charge in [0.25, 0.3) is 0 Å². The quantitative estimate of drug-likeness (QED) is 0.712.